The second-order valence-electron chi connectivity index (χ2n) is 4.34. The summed E-state index contributed by atoms with van der Waals surface area (Å²) in [4.78, 5) is 12.5. The van der Waals surface area contributed by atoms with Crippen LogP contribution in [0.25, 0.3) is 0 Å². The molecule has 0 saturated carbocycles. The Morgan fingerprint density at radius 1 is 1.32 bits per heavy atom. The normalized spacial score (nSPS) is 19.5. The number of amides is 1. The molecule has 0 radical (unpaired) electrons. The summed E-state index contributed by atoms with van der Waals surface area (Å²) in [6.45, 7) is 1.05. The summed E-state index contributed by atoms with van der Waals surface area (Å²) < 4.78 is 42.1. The zero-order chi connectivity index (χ0) is 14.0. The molecule has 2 N–H and O–H groups in total. The van der Waals surface area contributed by atoms with Gasteiger partial charge in [-0.15, -0.1) is 0 Å². The predicted octanol–water partition coefficient (Wildman–Crippen LogP) is 2.38. The molecule has 1 saturated heterocycles. The average molecular weight is 274 g/mol. The predicted molar refractivity (Wildman–Crippen MR) is 62.7 cm³/mol. The van der Waals surface area contributed by atoms with E-state index in [9.17, 15) is 18.0 Å². The highest BCUT2D eigenvalue weighted by Crippen LogP contribution is 2.31. The SMILES string of the molecule is NC(=O)OC1CCN(c2ccc(C(F)(F)F)cc2)C1. The van der Waals surface area contributed by atoms with Crippen molar-refractivity contribution in [3.63, 3.8) is 0 Å². The number of halogens is 3. The standard InChI is InChI=1S/C12H13F3N2O2/c13-12(14,15)8-1-3-9(4-2-8)17-6-5-10(7-17)19-11(16)18/h1-4,10H,5-7H2,(H2,16,18). The molecule has 104 valence electrons. The number of hydrogen-bond acceptors (Lipinski definition) is 3. The van der Waals surface area contributed by atoms with Crippen molar-refractivity contribution >= 4 is 11.8 Å². The van der Waals surface area contributed by atoms with E-state index in [1.54, 1.807) is 0 Å². The quantitative estimate of drug-likeness (QED) is 0.900. The van der Waals surface area contributed by atoms with Crippen molar-refractivity contribution in [2.45, 2.75) is 18.7 Å². The Morgan fingerprint density at radius 2 is 1.95 bits per heavy atom. The molecule has 7 heteroatoms. The van der Waals surface area contributed by atoms with Gasteiger partial charge in [-0.05, 0) is 24.3 Å². The third-order valence-corrected chi connectivity index (χ3v) is 2.99. The second-order valence-corrected chi connectivity index (χ2v) is 4.34. The van der Waals surface area contributed by atoms with E-state index in [2.05, 4.69) is 0 Å². The largest absolute Gasteiger partial charge is 0.444 e. The molecule has 0 aromatic heterocycles. The van der Waals surface area contributed by atoms with Gasteiger partial charge in [0.2, 0.25) is 0 Å². The Kier molecular flexibility index (Phi) is 3.55. The first-order chi connectivity index (χ1) is 8.86. The monoisotopic (exact) mass is 274 g/mol. The highest BCUT2D eigenvalue weighted by atomic mass is 19.4. The van der Waals surface area contributed by atoms with Crippen LogP contribution in [0.15, 0.2) is 24.3 Å². The number of rotatable bonds is 2. The van der Waals surface area contributed by atoms with Gasteiger partial charge in [0.05, 0.1) is 12.1 Å². The van der Waals surface area contributed by atoms with Gasteiger partial charge in [-0.25, -0.2) is 4.79 Å². The summed E-state index contributed by atoms with van der Waals surface area (Å²) in [7, 11) is 0. The lowest BCUT2D eigenvalue weighted by molar-refractivity contribution is -0.137. The Hall–Kier alpha value is -1.92. The van der Waals surface area contributed by atoms with Crippen LogP contribution in [0.1, 0.15) is 12.0 Å². The van der Waals surface area contributed by atoms with E-state index in [0.29, 0.717) is 25.2 Å². The number of primary amides is 1. The van der Waals surface area contributed by atoms with Crippen molar-refractivity contribution in [3.05, 3.63) is 29.8 Å². The van der Waals surface area contributed by atoms with Gasteiger partial charge in [0.15, 0.2) is 0 Å². The number of benzene rings is 1. The molecule has 0 spiro atoms. The Labute approximate surface area is 107 Å². The van der Waals surface area contributed by atoms with Gasteiger partial charge in [0.25, 0.3) is 0 Å². The van der Waals surface area contributed by atoms with Crippen LogP contribution >= 0.6 is 0 Å². The molecular formula is C12H13F3N2O2. The maximum absolute atomic E-state index is 12.4. The fourth-order valence-corrected chi connectivity index (χ4v) is 2.08. The molecule has 0 aliphatic carbocycles. The molecule has 1 aromatic rings. The van der Waals surface area contributed by atoms with Crippen LogP contribution in [0, 0.1) is 0 Å². The summed E-state index contributed by atoms with van der Waals surface area (Å²) in [5.74, 6) is 0. The smallest absolute Gasteiger partial charge is 0.416 e. The minimum absolute atomic E-state index is 0.306. The molecule has 1 amide bonds. The topological polar surface area (TPSA) is 55.6 Å². The summed E-state index contributed by atoms with van der Waals surface area (Å²) in [5.41, 5.74) is 4.91. The number of nitrogens with zero attached hydrogens (tertiary/aromatic N) is 1. The van der Waals surface area contributed by atoms with Crippen LogP contribution in [0.3, 0.4) is 0 Å². The van der Waals surface area contributed by atoms with Gasteiger partial charge in [-0.2, -0.15) is 13.2 Å². The number of anilines is 1. The van der Waals surface area contributed by atoms with E-state index in [-0.39, 0.29) is 6.10 Å². The highest BCUT2D eigenvalue weighted by molar-refractivity contribution is 5.65. The minimum Gasteiger partial charge on any atom is -0.444 e. The summed E-state index contributed by atoms with van der Waals surface area (Å²) in [6.07, 6.45) is -4.86. The van der Waals surface area contributed by atoms with Crippen molar-refractivity contribution < 1.29 is 22.7 Å². The molecule has 19 heavy (non-hydrogen) atoms. The van der Waals surface area contributed by atoms with E-state index in [0.717, 1.165) is 12.1 Å². The number of carbonyl (C=O) groups excluding carboxylic acids is 1. The fourth-order valence-electron chi connectivity index (χ4n) is 2.08. The molecule has 4 nitrogen and oxygen atoms in total. The van der Waals surface area contributed by atoms with Crippen LogP contribution in [-0.2, 0) is 10.9 Å². The van der Waals surface area contributed by atoms with E-state index >= 15 is 0 Å². The molecule has 2 rings (SSSR count). The number of hydrogen-bond donors (Lipinski definition) is 1. The number of carbonyl (C=O) groups is 1. The summed E-state index contributed by atoms with van der Waals surface area (Å²) >= 11 is 0. The Morgan fingerprint density at radius 3 is 2.47 bits per heavy atom. The highest BCUT2D eigenvalue weighted by Gasteiger charge is 2.31. The second kappa shape index (κ2) is 4.99. The van der Waals surface area contributed by atoms with Gasteiger partial charge in [-0.1, -0.05) is 0 Å². The van der Waals surface area contributed by atoms with Crippen LogP contribution in [-0.4, -0.2) is 25.3 Å². The number of nitrogens with two attached hydrogens (primary N) is 1. The van der Waals surface area contributed by atoms with Gasteiger partial charge >= 0.3 is 12.3 Å². The lowest BCUT2D eigenvalue weighted by atomic mass is 10.2. The van der Waals surface area contributed by atoms with E-state index in [1.165, 1.54) is 12.1 Å². The molecule has 1 aliphatic heterocycles. The van der Waals surface area contributed by atoms with Crippen molar-refractivity contribution in [2.75, 3.05) is 18.0 Å². The van der Waals surface area contributed by atoms with Gasteiger partial charge in [0.1, 0.15) is 6.10 Å². The van der Waals surface area contributed by atoms with Crippen LogP contribution in [0.2, 0.25) is 0 Å². The van der Waals surface area contributed by atoms with E-state index in [4.69, 9.17) is 10.5 Å². The zero-order valence-corrected chi connectivity index (χ0v) is 9.98. The zero-order valence-electron chi connectivity index (χ0n) is 9.98. The molecule has 1 fully saturated rings. The number of ether oxygens (including phenoxy) is 1. The molecule has 1 aliphatic rings. The van der Waals surface area contributed by atoms with Crippen LogP contribution < -0.4 is 10.6 Å². The van der Waals surface area contributed by atoms with Gasteiger partial charge < -0.3 is 15.4 Å². The molecular weight excluding hydrogens is 261 g/mol. The lowest BCUT2D eigenvalue weighted by Crippen LogP contribution is -2.26. The Balaban J connectivity index is 2.02. The van der Waals surface area contributed by atoms with Crippen molar-refractivity contribution in [1.29, 1.82) is 0 Å². The summed E-state index contributed by atoms with van der Waals surface area (Å²) in [6, 6.07) is 4.90. The van der Waals surface area contributed by atoms with Crippen molar-refractivity contribution in [1.82, 2.24) is 0 Å². The lowest BCUT2D eigenvalue weighted by Gasteiger charge is -2.19. The van der Waals surface area contributed by atoms with E-state index in [1.807, 2.05) is 4.90 Å². The molecule has 1 heterocycles. The Bertz CT molecular complexity index is 459. The van der Waals surface area contributed by atoms with E-state index < -0.39 is 17.8 Å². The molecule has 1 unspecified atom stereocenters. The third-order valence-electron chi connectivity index (χ3n) is 2.99. The fraction of sp³-hybridized carbons (Fsp3) is 0.417. The maximum Gasteiger partial charge on any atom is 0.416 e. The average Bonchev–Trinajstić information content (AvgIpc) is 2.75. The number of alkyl halides is 3. The van der Waals surface area contributed by atoms with Gasteiger partial charge in [0, 0.05) is 18.7 Å². The summed E-state index contributed by atoms with van der Waals surface area (Å²) in [5, 5.41) is 0. The maximum atomic E-state index is 12.4. The van der Waals surface area contributed by atoms with Crippen LogP contribution in [0.5, 0.6) is 0 Å². The van der Waals surface area contributed by atoms with Crippen molar-refractivity contribution in [2.24, 2.45) is 5.73 Å². The van der Waals surface area contributed by atoms with Crippen LogP contribution in [0.4, 0.5) is 23.7 Å². The minimum atomic E-state index is -4.33. The first-order valence-corrected chi connectivity index (χ1v) is 5.74. The first-order valence-electron chi connectivity index (χ1n) is 5.74. The molecule has 1 aromatic carbocycles. The molecule has 1 atom stereocenters. The van der Waals surface area contributed by atoms with Gasteiger partial charge in [-0.3, -0.25) is 0 Å². The third kappa shape index (κ3) is 3.30. The molecule has 0 bridgehead atoms. The first kappa shape index (κ1) is 13.5. The van der Waals surface area contributed by atoms with Crippen molar-refractivity contribution in [3.8, 4) is 0 Å².